The molecule has 1 rings (SSSR count). The number of nitrogens with one attached hydrogen (secondary N) is 1. The summed E-state index contributed by atoms with van der Waals surface area (Å²) < 4.78 is 5.31. The smallest absolute Gasteiger partial charge is 0.109 e. The summed E-state index contributed by atoms with van der Waals surface area (Å²) in [5, 5.41) is 9.25. The molecule has 4 nitrogen and oxygen atoms in total. The zero-order chi connectivity index (χ0) is 8.10. The Kier molecular flexibility index (Phi) is 3.79. The molecular formula is C7H16N2O2. The van der Waals surface area contributed by atoms with Crippen LogP contribution < -0.4 is 11.3 Å². The van der Waals surface area contributed by atoms with Gasteiger partial charge >= 0.3 is 0 Å². The number of ether oxygens (including phenoxy) is 1. The Balaban J connectivity index is 2.12. The van der Waals surface area contributed by atoms with Crippen LogP contribution in [0.15, 0.2) is 0 Å². The van der Waals surface area contributed by atoms with Gasteiger partial charge in [-0.25, -0.2) is 5.43 Å². The van der Waals surface area contributed by atoms with E-state index in [-0.39, 0.29) is 12.2 Å². The van der Waals surface area contributed by atoms with E-state index in [9.17, 15) is 5.11 Å². The fraction of sp³-hybridized carbons (Fsp3) is 1.00. The maximum atomic E-state index is 9.25. The summed E-state index contributed by atoms with van der Waals surface area (Å²) in [5.41, 5.74) is 2.43. The highest BCUT2D eigenvalue weighted by Gasteiger charge is 2.19. The van der Waals surface area contributed by atoms with Crippen LogP contribution in [-0.4, -0.2) is 24.0 Å². The lowest BCUT2D eigenvalue weighted by molar-refractivity contribution is -0.0213. The second-order valence-corrected chi connectivity index (χ2v) is 2.96. The van der Waals surface area contributed by atoms with Crippen LogP contribution in [0.4, 0.5) is 0 Å². The summed E-state index contributed by atoms with van der Waals surface area (Å²) >= 11 is 0. The van der Waals surface area contributed by atoms with E-state index in [1.807, 2.05) is 0 Å². The molecule has 0 aromatic carbocycles. The summed E-state index contributed by atoms with van der Waals surface area (Å²) in [4.78, 5) is 0. The summed E-state index contributed by atoms with van der Waals surface area (Å²) in [5.74, 6) is 5.04. The minimum atomic E-state index is -0.175. The van der Waals surface area contributed by atoms with Crippen molar-refractivity contribution in [3.63, 3.8) is 0 Å². The first-order valence-electron chi connectivity index (χ1n) is 4.06. The van der Waals surface area contributed by atoms with E-state index in [0.29, 0.717) is 6.73 Å². The molecule has 0 bridgehead atoms. The van der Waals surface area contributed by atoms with Crippen LogP contribution in [0.3, 0.4) is 0 Å². The van der Waals surface area contributed by atoms with E-state index >= 15 is 0 Å². The van der Waals surface area contributed by atoms with Gasteiger partial charge in [-0.3, -0.25) is 5.84 Å². The van der Waals surface area contributed by atoms with E-state index in [2.05, 4.69) is 5.43 Å². The van der Waals surface area contributed by atoms with Crippen LogP contribution in [-0.2, 0) is 4.74 Å². The average Bonchev–Trinajstić information content (AvgIpc) is 2.01. The van der Waals surface area contributed by atoms with Gasteiger partial charge in [0.05, 0.1) is 12.2 Å². The van der Waals surface area contributed by atoms with Gasteiger partial charge in [0, 0.05) is 0 Å². The normalized spacial score (nSPS) is 32.2. The highest BCUT2D eigenvalue weighted by atomic mass is 16.5. The third-order valence-corrected chi connectivity index (χ3v) is 2.00. The van der Waals surface area contributed by atoms with E-state index < -0.39 is 0 Å². The molecule has 66 valence electrons. The number of hydrogen-bond acceptors (Lipinski definition) is 4. The molecule has 11 heavy (non-hydrogen) atoms. The fourth-order valence-electron chi connectivity index (χ4n) is 1.44. The maximum Gasteiger partial charge on any atom is 0.109 e. The molecule has 0 spiro atoms. The van der Waals surface area contributed by atoms with Crippen molar-refractivity contribution in [2.75, 3.05) is 6.73 Å². The summed E-state index contributed by atoms with van der Waals surface area (Å²) in [6.45, 7) is 0.372. The molecule has 4 N–H and O–H groups in total. The lowest BCUT2D eigenvalue weighted by Crippen LogP contribution is -2.32. The molecule has 1 aliphatic carbocycles. The van der Waals surface area contributed by atoms with Crippen molar-refractivity contribution in [1.29, 1.82) is 0 Å². The number of rotatable bonds is 3. The van der Waals surface area contributed by atoms with Crippen molar-refractivity contribution >= 4 is 0 Å². The molecule has 0 amide bonds. The zero-order valence-corrected chi connectivity index (χ0v) is 6.62. The van der Waals surface area contributed by atoms with E-state index in [4.69, 9.17) is 10.6 Å². The van der Waals surface area contributed by atoms with Crippen LogP contribution in [0.5, 0.6) is 0 Å². The maximum absolute atomic E-state index is 9.25. The van der Waals surface area contributed by atoms with Crippen LogP contribution >= 0.6 is 0 Å². The highest BCUT2D eigenvalue weighted by Crippen LogP contribution is 2.20. The highest BCUT2D eigenvalue weighted by molar-refractivity contribution is 4.71. The Morgan fingerprint density at radius 3 is 3.00 bits per heavy atom. The molecule has 1 aliphatic rings. The Morgan fingerprint density at radius 1 is 1.55 bits per heavy atom. The van der Waals surface area contributed by atoms with Gasteiger partial charge in [0.1, 0.15) is 6.73 Å². The Hall–Kier alpha value is -0.160. The molecule has 0 aromatic heterocycles. The second-order valence-electron chi connectivity index (χ2n) is 2.96. The summed E-state index contributed by atoms with van der Waals surface area (Å²) in [6.07, 6.45) is 3.77. The Labute approximate surface area is 66.7 Å². The minimum absolute atomic E-state index is 0.175. The molecule has 0 aliphatic heterocycles. The predicted octanol–water partition coefficient (Wildman–Crippen LogP) is -0.273. The van der Waals surface area contributed by atoms with Crippen LogP contribution in [0, 0.1) is 0 Å². The first-order chi connectivity index (χ1) is 5.33. The fourth-order valence-corrected chi connectivity index (χ4v) is 1.44. The molecule has 0 saturated heterocycles. The topological polar surface area (TPSA) is 67.5 Å². The third kappa shape index (κ3) is 3.16. The quantitative estimate of drug-likeness (QED) is 0.302. The van der Waals surface area contributed by atoms with Crippen molar-refractivity contribution in [3.05, 3.63) is 0 Å². The minimum Gasteiger partial charge on any atom is -0.393 e. The molecule has 1 saturated carbocycles. The molecule has 2 unspecified atom stereocenters. The lowest BCUT2D eigenvalue weighted by atomic mass is 9.95. The number of aliphatic hydroxyl groups is 1. The molecule has 1 fully saturated rings. The third-order valence-electron chi connectivity index (χ3n) is 2.00. The van der Waals surface area contributed by atoms with Gasteiger partial charge in [0.25, 0.3) is 0 Å². The molecule has 0 aromatic rings. The number of nitrogens with two attached hydrogens (primary N) is 1. The van der Waals surface area contributed by atoms with Gasteiger partial charge in [0.15, 0.2) is 0 Å². The Bertz CT molecular complexity index is 111. The van der Waals surface area contributed by atoms with Crippen molar-refractivity contribution in [2.45, 2.75) is 37.9 Å². The molecular weight excluding hydrogens is 144 g/mol. The van der Waals surface area contributed by atoms with Crippen molar-refractivity contribution < 1.29 is 9.84 Å². The van der Waals surface area contributed by atoms with E-state index in [1.165, 1.54) is 0 Å². The number of aliphatic hydroxyl groups excluding tert-OH is 1. The monoisotopic (exact) mass is 160 g/mol. The molecule has 0 heterocycles. The predicted molar refractivity (Wildman–Crippen MR) is 41.5 cm³/mol. The van der Waals surface area contributed by atoms with Gasteiger partial charge in [-0.15, -0.1) is 0 Å². The van der Waals surface area contributed by atoms with Gasteiger partial charge in [-0.2, -0.15) is 0 Å². The molecule has 2 atom stereocenters. The van der Waals surface area contributed by atoms with Crippen molar-refractivity contribution in [3.8, 4) is 0 Å². The molecule has 0 radical (unpaired) electrons. The summed E-state index contributed by atoms with van der Waals surface area (Å²) in [7, 11) is 0. The first-order valence-corrected chi connectivity index (χ1v) is 4.06. The van der Waals surface area contributed by atoms with Gasteiger partial charge in [-0.1, -0.05) is 0 Å². The lowest BCUT2D eigenvalue weighted by Gasteiger charge is -2.25. The second kappa shape index (κ2) is 4.66. The number of hydrazine groups is 1. The van der Waals surface area contributed by atoms with Crippen LogP contribution in [0.2, 0.25) is 0 Å². The Morgan fingerprint density at radius 2 is 2.36 bits per heavy atom. The van der Waals surface area contributed by atoms with Crippen LogP contribution in [0.1, 0.15) is 25.7 Å². The first kappa shape index (κ1) is 8.93. The largest absolute Gasteiger partial charge is 0.393 e. The van der Waals surface area contributed by atoms with Crippen molar-refractivity contribution in [2.24, 2.45) is 5.84 Å². The van der Waals surface area contributed by atoms with Gasteiger partial charge < -0.3 is 9.84 Å². The number of hydrogen-bond donors (Lipinski definition) is 3. The van der Waals surface area contributed by atoms with Gasteiger partial charge in [0.2, 0.25) is 0 Å². The summed E-state index contributed by atoms with van der Waals surface area (Å²) in [6, 6.07) is 0. The zero-order valence-electron chi connectivity index (χ0n) is 6.62. The molecule has 4 heteroatoms. The van der Waals surface area contributed by atoms with E-state index in [0.717, 1.165) is 25.7 Å². The standard InChI is InChI=1S/C7H16N2O2/c8-9-5-11-7-3-1-2-6(10)4-7/h6-7,9-10H,1-5,8H2. The SMILES string of the molecule is NNCOC1CCCC(O)C1. The van der Waals surface area contributed by atoms with Gasteiger partial charge in [-0.05, 0) is 25.7 Å². The average molecular weight is 160 g/mol. The van der Waals surface area contributed by atoms with E-state index in [1.54, 1.807) is 0 Å². The van der Waals surface area contributed by atoms with Crippen molar-refractivity contribution in [1.82, 2.24) is 5.43 Å². The van der Waals surface area contributed by atoms with Crippen LogP contribution in [0.25, 0.3) is 0 Å².